The first-order valence-electron chi connectivity index (χ1n) is 5.20. The van der Waals surface area contributed by atoms with Crippen molar-refractivity contribution in [3.05, 3.63) is 5.82 Å². The monoisotopic (exact) mass is 195 g/mol. The fourth-order valence-corrected chi connectivity index (χ4v) is 2.13. The Morgan fingerprint density at radius 3 is 2.71 bits per heavy atom. The van der Waals surface area contributed by atoms with E-state index in [1.165, 1.54) is 19.3 Å². The second kappa shape index (κ2) is 3.96. The number of nitrogens with one attached hydrogen (secondary N) is 1. The fourth-order valence-electron chi connectivity index (χ4n) is 2.13. The molecule has 0 saturated heterocycles. The van der Waals surface area contributed by atoms with E-state index < -0.39 is 0 Å². The number of anilines is 1. The van der Waals surface area contributed by atoms with E-state index in [0.29, 0.717) is 11.9 Å². The number of nitrogens with zero attached hydrogens (tertiary/aromatic N) is 2. The molecular weight excluding hydrogens is 178 g/mol. The number of nitrogen functional groups attached to an aromatic ring is 1. The van der Waals surface area contributed by atoms with Crippen LogP contribution in [0.25, 0.3) is 0 Å². The maximum absolute atomic E-state index is 6.09. The average Bonchev–Trinajstić information content (AvgIpc) is 2.46. The Labute approximate surface area is 83.3 Å². The summed E-state index contributed by atoms with van der Waals surface area (Å²) in [6, 6.07) is 0.199. The van der Waals surface area contributed by atoms with Crippen molar-refractivity contribution in [1.82, 2.24) is 15.2 Å². The van der Waals surface area contributed by atoms with Gasteiger partial charge in [0.2, 0.25) is 5.95 Å². The Balaban J connectivity index is 2.14. The van der Waals surface area contributed by atoms with Crippen LogP contribution in [0.5, 0.6) is 0 Å². The third kappa shape index (κ3) is 1.87. The summed E-state index contributed by atoms with van der Waals surface area (Å²) in [5, 5.41) is 6.71. The van der Waals surface area contributed by atoms with Crippen molar-refractivity contribution in [3.8, 4) is 0 Å². The highest BCUT2D eigenvalue weighted by Gasteiger charge is 2.24. The predicted octanol–water partition coefficient (Wildman–Crippen LogP) is 0.762. The van der Waals surface area contributed by atoms with Crippen molar-refractivity contribution in [2.24, 2.45) is 5.73 Å². The van der Waals surface area contributed by atoms with Crippen LogP contribution in [0.1, 0.15) is 43.8 Å². The van der Waals surface area contributed by atoms with E-state index in [1.54, 1.807) is 0 Å². The highest BCUT2D eigenvalue weighted by atomic mass is 15.3. The van der Waals surface area contributed by atoms with Gasteiger partial charge in [-0.25, -0.2) is 0 Å². The Kier molecular flexibility index (Phi) is 2.67. The van der Waals surface area contributed by atoms with E-state index in [1.807, 2.05) is 0 Å². The number of hydrogen-bond donors (Lipinski definition) is 3. The molecule has 0 spiro atoms. The molecule has 5 heteroatoms. The molecular formula is C9H17N5. The molecule has 2 rings (SSSR count). The number of aromatic nitrogens is 3. The zero-order valence-electron chi connectivity index (χ0n) is 8.24. The average molecular weight is 195 g/mol. The topological polar surface area (TPSA) is 93.6 Å². The number of aromatic amines is 1. The van der Waals surface area contributed by atoms with Crippen LogP contribution in [-0.2, 0) is 0 Å². The summed E-state index contributed by atoms with van der Waals surface area (Å²) in [6.45, 7) is 0. The first-order chi connectivity index (χ1) is 6.77. The lowest BCUT2D eigenvalue weighted by molar-refractivity contribution is 0.485. The van der Waals surface area contributed by atoms with Gasteiger partial charge in [0.15, 0.2) is 0 Å². The summed E-state index contributed by atoms with van der Waals surface area (Å²) >= 11 is 0. The number of hydrogen-bond acceptors (Lipinski definition) is 4. The maximum atomic E-state index is 6.09. The van der Waals surface area contributed by atoms with Crippen molar-refractivity contribution in [3.63, 3.8) is 0 Å². The van der Waals surface area contributed by atoms with E-state index in [-0.39, 0.29) is 6.04 Å². The van der Waals surface area contributed by atoms with Gasteiger partial charge in [-0.3, -0.25) is 5.10 Å². The summed E-state index contributed by atoms with van der Waals surface area (Å²) in [5.74, 6) is 1.48. The molecule has 1 aromatic heterocycles. The molecule has 0 aromatic carbocycles. The van der Waals surface area contributed by atoms with Crippen LogP contribution in [0, 0.1) is 0 Å². The first kappa shape index (κ1) is 9.45. The minimum Gasteiger partial charge on any atom is -0.367 e. The minimum atomic E-state index is 0.199. The van der Waals surface area contributed by atoms with E-state index >= 15 is 0 Å². The van der Waals surface area contributed by atoms with Crippen LogP contribution in [0.4, 0.5) is 5.95 Å². The largest absolute Gasteiger partial charge is 0.367 e. The molecule has 5 N–H and O–H groups in total. The number of H-pyrrole nitrogens is 1. The summed E-state index contributed by atoms with van der Waals surface area (Å²) in [7, 11) is 0. The number of nitrogens with two attached hydrogens (primary N) is 2. The molecule has 1 aliphatic carbocycles. The zero-order chi connectivity index (χ0) is 9.97. The molecule has 1 aliphatic rings. The standard InChI is InChI=1S/C9H17N5/c10-7-5-3-1-2-4-6(7)8-12-9(11)14-13-8/h6-7H,1-5,10H2,(H3,11,12,13,14). The summed E-state index contributed by atoms with van der Waals surface area (Å²) < 4.78 is 0. The van der Waals surface area contributed by atoms with Crippen LogP contribution in [0.3, 0.4) is 0 Å². The van der Waals surface area contributed by atoms with Gasteiger partial charge in [0, 0.05) is 12.0 Å². The molecule has 78 valence electrons. The van der Waals surface area contributed by atoms with Crippen molar-refractivity contribution in [1.29, 1.82) is 0 Å². The highest BCUT2D eigenvalue weighted by molar-refractivity contribution is 5.15. The molecule has 1 aromatic rings. The minimum absolute atomic E-state index is 0.199. The summed E-state index contributed by atoms with van der Waals surface area (Å²) in [4.78, 5) is 4.16. The van der Waals surface area contributed by atoms with E-state index in [4.69, 9.17) is 11.5 Å². The lowest BCUT2D eigenvalue weighted by Crippen LogP contribution is -2.28. The highest BCUT2D eigenvalue weighted by Crippen LogP contribution is 2.28. The Morgan fingerprint density at radius 1 is 1.21 bits per heavy atom. The quantitative estimate of drug-likeness (QED) is 0.577. The van der Waals surface area contributed by atoms with Crippen molar-refractivity contribution >= 4 is 5.95 Å². The van der Waals surface area contributed by atoms with Gasteiger partial charge in [-0.1, -0.05) is 19.3 Å². The lowest BCUT2D eigenvalue weighted by atomic mass is 9.95. The van der Waals surface area contributed by atoms with Crippen molar-refractivity contribution < 1.29 is 0 Å². The van der Waals surface area contributed by atoms with Gasteiger partial charge in [0.1, 0.15) is 5.82 Å². The molecule has 5 nitrogen and oxygen atoms in total. The molecule has 0 radical (unpaired) electrons. The summed E-state index contributed by atoms with van der Waals surface area (Å²) in [5.41, 5.74) is 11.6. The molecule has 0 bridgehead atoms. The molecule has 14 heavy (non-hydrogen) atoms. The lowest BCUT2D eigenvalue weighted by Gasteiger charge is -2.17. The van der Waals surface area contributed by atoms with Gasteiger partial charge in [-0.05, 0) is 12.8 Å². The van der Waals surface area contributed by atoms with Gasteiger partial charge in [0.25, 0.3) is 0 Å². The van der Waals surface area contributed by atoms with Gasteiger partial charge in [-0.15, -0.1) is 5.10 Å². The normalized spacial score (nSPS) is 28.6. The second-order valence-corrected chi connectivity index (χ2v) is 3.99. The molecule has 1 saturated carbocycles. The van der Waals surface area contributed by atoms with E-state index in [2.05, 4.69) is 15.2 Å². The van der Waals surface area contributed by atoms with Crippen LogP contribution < -0.4 is 11.5 Å². The van der Waals surface area contributed by atoms with Crippen LogP contribution in [0.15, 0.2) is 0 Å². The van der Waals surface area contributed by atoms with Crippen LogP contribution in [-0.4, -0.2) is 21.2 Å². The third-order valence-corrected chi connectivity index (χ3v) is 2.94. The third-order valence-electron chi connectivity index (χ3n) is 2.94. The second-order valence-electron chi connectivity index (χ2n) is 3.99. The Morgan fingerprint density at radius 2 is 2.00 bits per heavy atom. The molecule has 1 fully saturated rings. The predicted molar refractivity (Wildman–Crippen MR) is 54.6 cm³/mol. The fraction of sp³-hybridized carbons (Fsp3) is 0.778. The first-order valence-corrected chi connectivity index (χ1v) is 5.20. The van der Waals surface area contributed by atoms with E-state index in [0.717, 1.165) is 18.7 Å². The molecule has 0 aliphatic heterocycles. The Hall–Kier alpha value is -1.10. The van der Waals surface area contributed by atoms with Gasteiger partial charge >= 0.3 is 0 Å². The Bertz CT molecular complexity index is 295. The van der Waals surface area contributed by atoms with Gasteiger partial charge in [-0.2, -0.15) is 4.98 Å². The molecule has 2 atom stereocenters. The molecule has 2 unspecified atom stereocenters. The smallest absolute Gasteiger partial charge is 0.239 e. The van der Waals surface area contributed by atoms with Crippen molar-refractivity contribution in [2.75, 3.05) is 5.73 Å². The van der Waals surface area contributed by atoms with Crippen LogP contribution >= 0.6 is 0 Å². The van der Waals surface area contributed by atoms with Crippen LogP contribution in [0.2, 0.25) is 0 Å². The molecule has 0 amide bonds. The maximum Gasteiger partial charge on any atom is 0.239 e. The SMILES string of the molecule is Nc1n[nH]c(C2CCCCCC2N)n1. The summed E-state index contributed by atoms with van der Waals surface area (Å²) in [6.07, 6.45) is 5.88. The number of rotatable bonds is 1. The molecule has 1 heterocycles. The van der Waals surface area contributed by atoms with Gasteiger partial charge in [0.05, 0.1) is 0 Å². The zero-order valence-corrected chi connectivity index (χ0v) is 8.24. The van der Waals surface area contributed by atoms with E-state index in [9.17, 15) is 0 Å². The van der Waals surface area contributed by atoms with Crippen molar-refractivity contribution in [2.45, 2.75) is 44.1 Å². The van der Waals surface area contributed by atoms with Gasteiger partial charge < -0.3 is 11.5 Å².